The van der Waals surface area contributed by atoms with Gasteiger partial charge < -0.3 is 4.74 Å². The third-order valence-electron chi connectivity index (χ3n) is 1.92. The molecule has 0 heterocycles. The first-order chi connectivity index (χ1) is 7.49. The third-order valence-corrected chi connectivity index (χ3v) is 2.78. The number of unbranched alkanes of at least 4 members (excludes halogenated alkanes) is 1. The van der Waals surface area contributed by atoms with Gasteiger partial charge in [0.25, 0.3) is 0 Å². The van der Waals surface area contributed by atoms with Gasteiger partial charge in [-0.2, -0.15) is 0 Å². The van der Waals surface area contributed by atoms with Crippen LogP contribution in [-0.2, 0) is 10.0 Å². The number of nitrogens with two attached hydrogens (primary N) is 1. The fourth-order valence-corrected chi connectivity index (χ4v) is 1.76. The Morgan fingerprint density at radius 2 is 1.94 bits per heavy atom. The summed E-state index contributed by atoms with van der Waals surface area (Å²) in [6.45, 7) is 0.274. The first-order valence-electron chi connectivity index (χ1n) is 4.87. The van der Waals surface area contributed by atoms with E-state index in [1.165, 1.54) is 12.1 Å². The molecule has 16 heavy (non-hydrogen) atoms. The highest BCUT2D eigenvalue weighted by atomic mass is 32.2. The van der Waals surface area contributed by atoms with E-state index in [1.54, 1.807) is 12.1 Å². The third kappa shape index (κ3) is 5.09. The van der Waals surface area contributed by atoms with E-state index < -0.39 is 15.8 Å². The lowest BCUT2D eigenvalue weighted by Gasteiger charge is -2.06. The van der Waals surface area contributed by atoms with E-state index in [0.717, 1.165) is 0 Å². The summed E-state index contributed by atoms with van der Waals surface area (Å²) in [7, 11) is -3.41. The molecule has 2 N–H and O–H groups in total. The highest BCUT2D eigenvalue weighted by molar-refractivity contribution is 7.89. The number of hydrogen-bond acceptors (Lipinski definition) is 3. The van der Waals surface area contributed by atoms with Crippen LogP contribution in [-0.4, -0.2) is 20.8 Å². The van der Waals surface area contributed by atoms with Crippen LogP contribution in [0.3, 0.4) is 0 Å². The Balaban J connectivity index is 2.24. The zero-order chi connectivity index (χ0) is 12.0. The second-order valence-electron chi connectivity index (χ2n) is 3.35. The molecule has 1 aromatic rings. The Kier molecular flexibility index (Phi) is 4.70. The second-order valence-corrected chi connectivity index (χ2v) is 5.09. The van der Waals surface area contributed by atoms with Crippen LogP contribution in [0.2, 0.25) is 0 Å². The van der Waals surface area contributed by atoms with Crippen molar-refractivity contribution in [3.8, 4) is 5.75 Å². The summed E-state index contributed by atoms with van der Waals surface area (Å²) in [5, 5.41) is 4.82. The molecule has 0 aromatic heterocycles. The molecule has 0 saturated heterocycles. The topological polar surface area (TPSA) is 69.4 Å². The van der Waals surface area contributed by atoms with Crippen molar-refractivity contribution in [2.24, 2.45) is 5.14 Å². The molecule has 90 valence electrons. The van der Waals surface area contributed by atoms with Gasteiger partial charge in [-0.3, -0.25) is 0 Å². The van der Waals surface area contributed by atoms with Crippen LogP contribution >= 0.6 is 0 Å². The summed E-state index contributed by atoms with van der Waals surface area (Å²) in [4.78, 5) is 0. The summed E-state index contributed by atoms with van der Waals surface area (Å²) in [6, 6.07) is 6.07. The van der Waals surface area contributed by atoms with Crippen LogP contribution in [0.1, 0.15) is 12.8 Å². The summed E-state index contributed by atoms with van der Waals surface area (Å²) in [5.74, 6) is -0.319. The molecule has 0 aliphatic rings. The zero-order valence-electron chi connectivity index (χ0n) is 8.73. The number of hydrogen-bond donors (Lipinski definition) is 1. The molecule has 0 radical (unpaired) electrons. The molecule has 0 spiro atoms. The molecule has 6 heteroatoms. The number of ether oxygens (including phenoxy) is 1. The minimum Gasteiger partial charge on any atom is -0.491 e. The van der Waals surface area contributed by atoms with Gasteiger partial charge in [-0.1, -0.05) is 12.1 Å². The van der Waals surface area contributed by atoms with E-state index in [9.17, 15) is 12.8 Å². The number of halogens is 1. The molecule has 1 aromatic carbocycles. The SMILES string of the molecule is NS(=O)(=O)CCCCOc1ccccc1F. The Morgan fingerprint density at radius 3 is 2.56 bits per heavy atom. The molecule has 0 fully saturated rings. The van der Waals surface area contributed by atoms with Crippen molar-refractivity contribution in [3.05, 3.63) is 30.1 Å². The number of benzene rings is 1. The van der Waals surface area contributed by atoms with Crippen LogP contribution in [0.5, 0.6) is 5.75 Å². The van der Waals surface area contributed by atoms with Crippen LogP contribution in [0, 0.1) is 5.82 Å². The van der Waals surface area contributed by atoms with E-state index in [1.807, 2.05) is 0 Å². The Bertz CT molecular complexity index is 433. The van der Waals surface area contributed by atoms with Gasteiger partial charge >= 0.3 is 0 Å². The largest absolute Gasteiger partial charge is 0.491 e. The molecule has 0 unspecified atom stereocenters. The first kappa shape index (κ1) is 12.9. The van der Waals surface area contributed by atoms with E-state index >= 15 is 0 Å². The maximum absolute atomic E-state index is 13.0. The highest BCUT2D eigenvalue weighted by Gasteiger charge is 2.03. The number of para-hydroxylation sites is 1. The minimum absolute atomic E-state index is 0.0758. The van der Waals surface area contributed by atoms with Gasteiger partial charge in [0.05, 0.1) is 12.4 Å². The average molecular weight is 247 g/mol. The van der Waals surface area contributed by atoms with Crippen molar-refractivity contribution in [1.82, 2.24) is 0 Å². The molecule has 4 nitrogen and oxygen atoms in total. The Morgan fingerprint density at radius 1 is 1.25 bits per heavy atom. The smallest absolute Gasteiger partial charge is 0.209 e. The van der Waals surface area contributed by atoms with Crippen molar-refractivity contribution in [1.29, 1.82) is 0 Å². The van der Waals surface area contributed by atoms with Crippen molar-refractivity contribution in [3.63, 3.8) is 0 Å². The number of sulfonamides is 1. The van der Waals surface area contributed by atoms with Crippen LogP contribution in [0.4, 0.5) is 4.39 Å². The van der Waals surface area contributed by atoms with Gasteiger partial charge in [0, 0.05) is 0 Å². The van der Waals surface area contributed by atoms with E-state index in [2.05, 4.69) is 0 Å². The van der Waals surface area contributed by atoms with E-state index in [4.69, 9.17) is 9.88 Å². The van der Waals surface area contributed by atoms with Crippen molar-refractivity contribution in [2.75, 3.05) is 12.4 Å². The van der Waals surface area contributed by atoms with Crippen LogP contribution in [0.25, 0.3) is 0 Å². The van der Waals surface area contributed by atoms with E-state index in [-0.39, 0.29) is 18.1 Å². The molecule has 1 rings (SSSR count). The van der Waals surface area contributed by atoms with Gasteiger partial charge in [-0.15, -0.1) is 0 Å². The summed E-state index contributed by atoms with van der Waals surface area (Å²) in [5.41, 5.74) is 0. The van der Waals surface area contributed by atoms with Crippen molar-refractivity contribution in [2.45, 2.75) is 12.8 Å². The lowest BCUT2D eigenvalue weighted by Crippen LogP contribution is -2.16. The maximum Gasteiger partial charge on any atom is 0.209 e. The van der Waals surface area contributed by atoms with Crippen LogP contribution in [0.15, 0.2) is 24.3 Å². The fraction of sp³-hybridized carbons (Fsp3) is 0.400. The van der Waals surface area contributed by atoms with Gasteiger partial charge in [-0.25, -0.2) is 17.9 Å². The number of primary sulfonamides is 1. The average Bonchev–Trinajstić information content (AvgIpc) is 2.18. The minimum atomic E-state index is -3.41. The van der Waals surface area contributed by atoms with Crippen molar-refractivity contribution < 1.29 is 17.5 Å². The summed E-state index contributed by atoms with van der Waals surface area (Å²) >= 11 is 0. The molecular weight excluding hydrogens is 233 g/mol. The lowest BCUT2D eigenvalue weighted by atomic mass is 10.3. The van der Waals surface area contributed by atoms with Crippen molar-refractivity contribution >= 4 is 10.0 Å². The van der Waals surface area contributed by atoms with Gasteiger partial charge in [0.15, 0.2) is 11.6 Å². The molecular formula is C10H14FNO3S. The monoisotopic (exact) mass is 247 g/mol. The van der Waals surface area contributed by atoms with Gasteiger partial charge in [0.1, 0.15) is 0 Å². The molecule has 0 amide bonds. The molecule has 0 aliphatic heterocycles. The molecule has 0 bridgehead atoms. The molecule has 0 saturated carbocycles. The quantitative estimate of drug-likeness (QED) is 0.770. The first-order valence-corrected chi connectivity index (χ1v) is 6.58. The highest BCUT2D eigenvalue weighted by Crippen LogP contribution is 2.15. The van der Waals surface area contributed by atoms with Crippen LogP contribution < -0.4 is 9.88 Å². The standard InChI is InChI=1S/C10H14FNO3S/c11-9-5-1-2-6-10(9)15-7-3-4-8-16(12,13)14/h1-2,5-6H,3-4,7-8H2,(H2,12,13,14). The lowest BCUT2D eigenvalue weighted by molar-refractivity contribution is 0.294. The predicted molar refractivity (Wildman–Crippen MR) is 59.1 cm³/mol. The number of rotatable bonds is 6. The van der Waals surface area contributed by atoms with Gasteiger partial charge in [0.2, 0.25) is 10.0 Å². The summed E-state index contributed by atoms with van der Waals surface area (Å²) in [6.07, 6.45) is 0.929. The second kappa shape index (κ2) is 5.81. The summed E-state index contributed by atoms with van der Waals surface area (Å²) < 4.78 is 39.4. The Labute approximate surface area is 94.3 Å². The normalized spacial score (nSPS) is 11.4. The van der Waals surface area contributed by atoms with E-state index in [0.29, 0.717) is 12.8 Å². The maximum atomic E-state index is 13.0. The Hall–Kier alpha value is -1.14. The predicted octanol–water partition coefficient (Wildman–Crippen LogP) is 1.27. The zero-order valence-corrected chi connectivity index (χ0v) is 9.54. The fourth-order valence-electron chi connectivity index (χ4n) is 1.15. The molecule has 0 aliphatic carbocycles. The molecule has 0 atom stereocenters. The van der Waals surface area contributed by atoms with Gasteiger partial charge in [-0.05, 0) is 25.0 Å².